The fourth-order valence-corrected chi connectivity index (χ4v) is 2.63. The van der Waals surface area contributed by atoms with Gasteiger partial charge in [-0.3, -0.25) is 0 Å². The Morgan fingerprint density at radius 1 is 1.29 bits per heavy atom. The van der Waals surface area contributed by atoms with Gasteiger partial charge in [-0.05, 0) is 25.2 Å². The molecule has 0 saturated carbocycles. The fraction of sp³-hybridized carbons (Fsp3) is 0.684. The molecule has 0 spiro atoms. The van der Waals surface area contributed by atoms with E-state index in [0.717, 1.165) is 31.6 Å². The lowest BCUT2D eigenvalue weighted by molar-refractivity contribution is 0.472. The highest BCUT2D eigenvalue weighted by molar-refractivity contribution is 5.29. The predicted octanol–water partition coefficient (Wildman–Crippen LogP) is 4.91. The maximum absolute atomic E-state index is 4.19. The number of unbranched alkanes of at least 4 members (excludes halogenated alkanes) is 3. The summed E-state index contributed by atoms with van der Waals surface area (Å²) in [7, 11) is 0. The maximum atomic E-state index is 4.19. The zero-order valence-electron chi connectivity index (χ0n) is 14.3. The molecule has 2 heteroatoms. The van der Waals surface area contributed by atoms with Crippen molar-refractivity contribution >= 4 is 0 Å². The molecule has 0 aliphatic carbocycles. The molecular formula is C19H34N2. The zero-order valence-corrected chi connectivity index (χ0v) is 14.3. The monoisotopic (exact) mass is 290 g/mol. The summed E-state index contributed by atoms with van der Waals surface area (Å²) in [5.74, 6) is 0.717. The van der Waals surface area contributed by atoms with Gasteiger partial charge in [0.25, 0.3) is 0 Å². The minimum absolute atomic E-state index is 0.717. The average Bonchev–Trinajstić information content (AvgIpc) is 2.74. The molecule has 1 atom stereocenters. The van der Waals surface area contributed by atoms with E-state index in [1.54, 1.807) is 0 Å². The third-order valence-electron chi connectivity index (χ3n) is 4.25. The molecule has 0 amide bonds. The molecule has 0 radical (unpaired) electrons. The van der Waals surface area contributed by atoms with Crippen LogP contribution in [0.25, 0.3) is 0 Å². The third-order valence-corrected chi connectivity index (χ3v) is 4.25. The SMILES string of the molecule is C=C(NCC(C)CCCCCC)C1=CCC(CC)=CCN1. The lowest BCUT2D eigenvalue weighted by Crippen LogP contribution is -2.26. The number of nitrogens with one attached hydrogen (secondary N) is 2. The van der Waals surface area contributed by atoms with Gasteiger partial charge < -0.3 is 10.6 Å². The van der Waals surface area contributed by atoms with E-state index in [-0.39, 0.29) is 0 Å². The van der Waals surface area contributed by atoms with E-state index in [1.807, 2.05) is 0 Å². The Hall–Kier alpha value is -1.18. The molecule has 0 saturated heterocycles. The van der Waals surface area contributed by atoms with E-state index in [2.05, 4.69) is 50.1 Å². The van der Waals surface area contributed by atoms with Crippen molar-refractivity contribution in [2.24, 2.45) is 5.92 Å². The average molecular weight is 290 g/mol. The van der Waals surface area contributed by atoms with Crippen molar-refractivity contribution in [1.82, 2.24) is 10.6 Å². The second kappa shape index (κ2) is 10.5. The number of hydrogen-bond donors (Lipinski definition) is 2. The Balaban J connectivity index is 2.25. The first-order valence-corrected chi connectivity index (χ1v) is 8.72. The normalized spacial score (nSPS) is 16.3. The van der Waals surface area contributed by atoms with E-state index in [1.165, 1.54) is 43.4 Å². The van der Waals surface area contributed by atoms with Crippen molar-refractivity contribution in [3.05, 3.63) is 35.7 Å². The minimum atomic E-state index is 0.717. The largest absolute Gasteiger partial charge is 0.384 e. The standard InChI is InChI=1S/C19H34N2/c1-5-7-8-9-10-16(3)15-21-17(4)19-12-11-18(6-2)13-14-20-19/h12-13,16,20-21H,4-11,14-15H2,1-3H3. The molecule has 0 aromatic heterocycles. The van der Waals surface area contributed by atoms with Gasteiger partial charge in [0.2, 0.25) is 0 Å². The lowest BCUT2D eigenvalue weighted by atomic mass is 10.0. The van der Waals surface area contributed by atoms with Crippen LogP contribution >= 0.6 is 0 Å². The Morgan fingerprint density at radius 2 is 2.10 bits per heavy atom. The second-order valence-corrected chi connectivity index (χ2v) is 6.23. The summed E-state index contributed by atoms with van der Waals surface area (Å²) in [6.45, 7) is 12.9. The van der Waals surface area contributed by atoms with Gasteiger partial charge in [0.05, 0.1) is 5.70 Å². The molecule has 1 unspecified atom stereocenters. The van der Waals surface area contributed by atoms with Crippen molar-refractivity contribution in [3.8, 4) is 0 Å². The molecule has 1 aliphatic heterocycles. The van der Waals surface area contributed by atoms with Crippen molar-refractivity contribution in [3.63, 3.8) is 0 Å². The zero-order chi connectivity index (χ0) is 15.5. The van der Waals surface area contributed by atoms with E-state index in [4.69, 9.17) is 0 Å². The van der Waals surface area contributed by atoms with Crippen LogP contribution in [0.5, 0.6) is 0 Å². The van der Waals surface area contributed by atoms with E-state index < -0.39 is 0 Å². The summed E-state index contributed by atoms with van der Waals surface area (Å²) in [5.41, 5.74) is 3.73. The van der Waals surface area contributed by atoms with Gasteiger partial charge in [-0.15, -0.1) is 0 Å². The summed E-state index contributed by atoms with van der Waals surface area (Å²) in [6.07, 6.45) is 13.5. The highest BCUT2D eigenvalue weighted by atomic mass is 15.0. The molecule has 21 heavy (non-hydrogen) atoms. The van der Waals surface area contributed by atoms with Crippen molar-refractivity contribution in [1.29, 1.82) is 0 Å². The molecule has 0 fully saturated rings. The van der Waals surface area contributed by atoms with E-state index >= 15 is 0 Å². The molecule has 0 aromatic carbocycles. The van der Waals surface area contributed by atoms with Crippen LogP contribution in [-0.4, -0.2) is 13.1 Å². The molecule has 1 rings (SSSR count). The van der Waals surface area contributed by atoms with Crippen LogP contribution in [0.1, 0.15) is 65.7 Å². The van der Waals surface area contributed by atoms with Gasteiger partial charge in [0.15, 0.2) is 0 Å². The Bertz CT molecular complexity index is 366. The van der Waals surface area contributed by atoms with Crippen LogP contribution in [0, 0.1) is 5.92 Å². The molecule has 2 nitrogen and oxygen atoms in total. The summed E-state index contributed by atoms with van der Waals surface area (Å²) >= 11 is 0. The van der Waals surface area contributed by atoms with Crippen LogP contribution in [0.3, 0.4) is 0 Å². The predicted molar refractivity (Wildman–Crippen MR) is 94.1 cm³/mol. The second-order valence-electron chi connectivity index (χ2n) is 6.23. The molecular weight excluding hydrogens is 256 g/mol. The van der Waals surface area contributed by atoms with Crippen LogP contribution in [0.2, 0.25) is 0 Å². The maximum Gasteiger partial charge on any atom is 0.0535 e. The van der Waals surface area contributed by atoms with Gasteiger partial charge in [0.1, 0.15) is 0 Å². The molecule has 2 N–H and O–H groups in total. The number of allylic oxidation sites excluding steroid dienone is 2. The van der Waals surface area contributed by atoms with Crippen molar-refractivity contribution in [2.45, 2.75) is 65.7 Å². The molecule has 0 aromatic rings. The van der Waals surface area contributed by atoms with E-state index in [0.29, 0.717) is 5.92 Å². The fourth-order valence-electron chi connectivity index (χ4n) is 2.63. The van der Waals surface area contributed by atoms with Crippen LogP contribution in [0.15, 0.2) is 35.7 Å². The summed E-state index contributed by atoms with van der Waals surface area (Å²) in [5, 5.41) is 6.96. The van der Waals surface area contributed by atoms with Gasteiger partial charge >= 0.3 is 0 Å². The molecule has 1 aliphatic rings. The minimum Gasteiger partial charge on any atom is -0.384 e. The van der Waals surface area contributed by atoms with Gasteiger partial charge in [0, 0.05) is 18.8 Å². The molecule has 120 valence electrons. The topological polar surface area (TPSA) is 24.1 Å². The van der Waals surface area contributed by atoms with Gasteiger partial charge in [-0.2, -0.15) is 0 Å². The van der Waals surface area contributed by atoms with Gasteiger partial charge in [-0.1, -0.05) is 70.8 Å². The van der Waals surface area contributed by atoms with Crippen LogP contribution < -0.4 is 10.6 Å². The first-order valence-electron chi connectivity index (χ1n) is 8.72. The summed E-state index contributed by atoms with van der Waals surface area (Å²) < 4.78 is 0. The first kappa shape index (κ1) is 17.9. The summed E-state index contributed by atoms with van der Waals surface area (Å²) in [6, 6.07) is 0. The third kappa shape index (κ3) is 7.40. The highest BCUT2D eigenvalue weighted by Crippen LogP contribution is 2.15. The first-order chi connectivity index (χ1) is 10.2. The highest BCUT2D eigenvalue weighted by Gasteiger charge is 2.07. The quantitative estimate of drug-likeness (QED) is 0.441. The molecule has 1 heterocycles. The summed E-state index contributed by atoms with van der Waals surface area (Å²) in [4.78, 5) is 0. The molecule has 0 bridgehead atoms. The van der Waals surface area contributed by atoms with Crippen molar-refractivity contribution < 1.29 is 0 Å². The van der Waals surface area contributed by atoms with Gasteiger partial charge in [-0.25, -0.2) is 0 Å². The Kier molecular flexibility index (Phi) is 8.96. The Morgan fingerprint density at radius 3 is 2.81 bits per heavy atom. The lowest BCUT2D eigenvalue weighted by Gasteiger charge is -2.17. The number of rotatable bonds is 10. The Labute approximate surface area is 131 Å². The smallest absolute Gasteiger partial charge is 0.0535 e. The van der Waals surface area contributed by atoms with Crippen LogP contribution in [0.4, 0.5) is 0 Å². The van der Waals surface area contributed by atoms with E-state index in [9.17, 15) is 0 Å². The van der Waals surface area contributed by atoms with Crippen LogP contribution in [-0.2, 0) is 0 Å². The van der Waals surface area contributed by atoms with Crippen molar-refractivity contribution in [2.75, 3.05) is 13.1 Å². The number of hydrogen-bond acceptors (Lipinski definition) is 2.